The van der Waals surface area contributed by atoms with Crippen molar-refractivity contribution in [1.29, 1.82) is 5.26 Å². The van der Waals surface area contributed by atoms with E-state index in [9.17, 15) is 4.79 Å². The Morgan fingerprint density at radius 2 is 2.25 bits per heavy atom. The Balaban J connectivity index is 1.77. The van der Waals surface area contributed by atoms with E-state index in [1.54, 1.807) is 24.5 Å². The summed E-state index contributed by atoms with van der Waals surface area (Å²) in [7, 11) is 1.63. The first-order valence-corrected chi connectivity index (χ1v) is 8.28. The predicted octanol–water partition coefficient (Wildman–Crippen LogP) is 2.40. The molecule has 2 aromatic rings. The third-order valence-electron chi connectivity index (χ3n) is 4.29. The minimum Gasteiger partial charge on any atom is -0.487 e. The zero-order chi connectivity index (χ0) is 16.8. The quantitative estimate of drug-likeness (QED) is 0.864. The highest BCUT2D eigenvalue weighted by Gasteiger charge is 2.29. The molecule has 1 aromatic heterocycles. The highest BCUT2D eigenvalue weighted by molar-refractivity contribution is 7.12. The Morgan fingerprint density at radius 1 is 1.42 bits per heavy atom. The van der Waals surface area contributed by atoms with Crippen molar-refractivity contribution in [3.8, 4) is 22.9 Å². The summed E-state index contributed by atoms with van der Waals surface area (Å²) in [6.45, 7) is 0.485. The van der Waals surface area contributed by atoms with Crippen LogP contribution in [0, 0.1) is 11.3 Å². The van der Waals surface area contributed by atoms with Gasteiger partial charge in [-0.2, -0.15) is 5.26 Å². The molecule has 6 nitrogen and oxygen atoms in total. The van der Waals surface area contributed by atoms with Crippen LogP contribution in [0.3, 0.4) is 0 Å². The summed E-state index contributed by atoms with van der Waals surface area (Å²) in [5.41, 5.74) is 8.38. The van der Waals surface area contributed by atoms with E-state index in [0.29, 0.717) is 18.6 Å². The second-order valence-corrected chi connectivity index (χ2v) is 6.93. The predicted molar refractivity (Wildman–Crippen MR) is 90.6 cm³/mol. The van der Waals surface area contributed by atoms with Crippen LogP contribution in [0.1, 0.15) is 27.8 Å². The van der Waals surface area contributed by atoms with Crippen LogP contribution >= 0.6 is 11.3 Å². The molecule has 1 unspecified atom stereocenters. The number of guanidine groups is 1. The van der Waals surface area contributed by atoms with E-state index in [2.05, 4.69) is 11.1 Å². The number of nitrogens with two attached hydrogens (primary N) is 1. The Bertz CT molecular complexity index is 925. The van der Waals surface area contributed by atoms with Crippen LogP contribution in [0.15, 0.2) is 29.3 Å². The van der Waals surface area contributed by atoms with Gasteiger partial charge >= 0.3 is 0 Å². The van der Waals surface area contributed by atoms with Crippen LogP contribution in [0.25, 0.3) is 11.1 Å². The molecule has 1 aromatic carbocycles. The van der Waals surface area contributed by atoms with Gasteiger partial charge in [0.1, 0.15) is 12.4 Å². The van der Waals surface area contributed by atoms with Crippen molar-refractivity contribution >= 4 is 23.2 Å². The summed E-state index contributed by atoms with van der Waals surface area (Å²) in [5, 5.41) is 9.12. The van der Waals surface area contributed by atoms with E-state index >= 15 is 0 Å². The lowest BCUT2D eigenvalue weighted by molar-refractivity contribution is -0.127. The Hall–Kier alpha value is -2.85. The van der Waals surface area contributed by atoms with Crippen molar-refractivity contribution in [1.82, 2.24) is 4.90 Å². The second kappa shape index (κ2) is 5.35. The lowest BCUT2D eigenvalue weighted by Crippen LogP contribution is -2.42. The minimum absolute atomic E-state index is 0.0395. The Kier molecular flexibility index (Phi) is 3.28. The standard InChI is InChI=1S/C17H14N4O2S/c1-21-16(22)6-12(20-17(21)19)14-5-11-10-4-9(7-18)2-3-13(10)23-8-15(11)24-14/h2-5,12H,6,8H2,1H3,(H2,19,20). The molecule has 0 spiro atoms. The zero-order valence-electron chi connectivity index (χ0n) is 12.9. The highest BCUT2D eigenvalue weighted by Crippen LogP contribution is 2.44. The van der Waals surface area contributed by atoms with Gasteiger partial charge in [0.25, 0.3) is 0 Å². The van der Waals surface area contributed by atoms with E-state index in [0.717, 1.165) is 26.6 Å². The number of nitrogens with zero attached hydrogens (tertiary/aromatic N) is 3. The number of fused-ring (bicyclic) bond motifs is 3. The average molecular weight is 338 g/mol. The molecule has 24 heavy (non-hydrogen) atoms. The summed E-state index contributed by atoms with van der Waals surface area (Å²) >= 11 is 1.58. The largest absolute Gasteiger partial charge is 0.487 e. The van der Waals surface area contributed by atoms with Crippen LogP contribution < -0.4 is 10.5 Å². The van der Waals surface area contributed by atoms with Gasteiger partial charge in [-0.25, -0.2) is 4.99 Å². The molecule has 2 aliphatic heterocycles. The maximum absolute atomic E-state index is 12.0. The molecule has 0 saturated carbocycles. The van der Waals surface area contributed by atoms with Gasteiger partial charge in [0.05, 0.1) is 29.0 Å². The first kappa shape index (κ1) is 14.7. The number of carbonyl (C=O) groups excluding carboxylic acids is 1. The number of rotatable bonds is 1. The van der Waals surface area contributed by atoms with Gasteiger partial charge in [0, 0.05) is 23.1 Å². The molecular weight excluding hydrogens is 324 g/mol. The van der Waals surface area contributed by atoms with E-state index in [-0.39, 0.29) is 17.9 Å². The number of aliphatic imine (C=N–C) groups is 1. The lowest BCUT2D eigenvalue weighted by Gasteiger charge is -2.24. The van der Waals surface area contributed by atoms with E-state index in [4.69, 9.17) is 15.7 Å². The van der Waals surface area contributed by atoms with E-state index in [1.165, 1.54) is 4.90 Å². The van der Waals surface area contributed by atoms with Crippen LogP contribution in [0.5, 0.6) is 5.75 Å². The van der Waals surface area contributed by atoms with Crippen molar-refractivity contribution < 1.29 is 9.53 Å². The molecule has 1 amide bonds. The molecule has 4 rings (SSSR count). The van der Waals surface area contributed by atoms with Gasteiger partial charge < -0.3 is 10.5 Å². The number of nitriles is 1. The fourth-order valence-electron chi connectivity index (χ4n) is 2.91. The maximum atomic E-state index is 12.0. The van der Waals surface area contributed by atoms with Gasteiger partial charge in [-0.05, 0) is 24.3 Å². The summed E-state index contributed by atoms with van der Waals surface area (Å²) in [6.07, 6.45) is 0.308. The molecule has 0 aliphatic carbocycles. The van der Waals surface area contributed by atoms with Crippen LogP contribution in [0.4, 0.5) is 0 Å². The van der Waals surface area contributed by atoms with Gasteiger partial charge in [-0.1, -0.05) is 0 Å². The number of thiophene rings is 1. The monoisotopic (exact) mass is 338 g/mol. The van der Waals surface area contributed by atoms with Crippen LogP contribution in [-0.4, -0.2) is 23.8 Å². The molecule has 7 heteroatoms. The van der Waals surface area contributed by atoms with E-state index < -0.39 is 0 Å². The number of ether oxygens (including phenoxy) is 1. The fourth-order valence-corrected chi connectivity index (χ4v) is 4.04. The highest BCUT2D eigenvalue weighted by atomic mass is 32.1. The summed E-state index contributed by atoms with van der Waals surface area (Å²) in [5.74, 6) is 0.974. The molecule has 0 bridgehead atoms. The van der Waals surface area contributed by atoms with Crippen LogP contribution in [0.2, 0.25) is 0 Å². The van der Waals surface area contributed by atoms with Crippen molar-refractivity contribution in [2.45, 2.75) is 19.1 Å². The lowest BCUT2D eigenvalue weighted by atomic mass is 9.99. The molecule has 1 atom stereocenters. The normalized spacial score (nSPS) is 19.0. The van der Waals surface area contributed by atoms with Gasteiger partial charge in [-0.3, -0.25) is 9.69 Å². The third-order valence-corrected chi connectivity index (χ3v) is 5.50. The zero-order valence-corrected chi connectivity index (χ0v) is 13.8. The smallest absolute Gasteiger partial charge is 0.231 e. The maximum Gasteiger partial charge on any atom is 0.231 e. The van der Waals surface area contributed by atoms with E-state index in [1.807, 2.05) is 18.2 Å². The third kappa shape index (κ3) is 2.23. The molecule has 0 radical (unpaired) electrons. The SMILES string of the molecule is CN1C(=O)CC(c2cc3c(s2)COc2ccc(C#N)cc2-3)N=C1N. The number of benzene rings is 1. The first-order chi connectivity index (χ1) is 11.6. The van der Waals surface area contributed by atoms with Gasteiger partial charge in [-0.15, -0.1) is 11.3 Å². The molecular formula is C17H14N4O2S. The number of hydrogen-bond donors (Lipinski definition) is 1. The van der Waals surface area contributed by atoms with Crippen molar-refractivity contribution in [3.63, 3.8) is 0 Å². The van der Waals surface area contributed by atoms with Crippen molar-refractivity contribution in [3.05, 3.63) is 39.6 Å². The van der Waals surface area contributed by atoms with Crippen molar-refractivity contribution in [2.24, 2.45) is 10.7 Å². The summed E-state index contributed by atoms with van der Waals surface area (Å²) < 4.78 is 5.77. The number of hydrogen-bond acceptors (Lipinski definition) is 6. The number of amides is 1. The molecule has 0 saturated heterocycles. The van der Waals surface area contributed by atoms with Crippen molar-refractivity contribution in [2.75, 3.05) is 7.05 Å². The molecule has 120 valence electrons. The summed E-state index contributed by atoms with van der Waals surface area (Å²) in [6, 6.07) is 9.35. The van der Waals surface area contributed by atoms with Gasteiger partial charge in [0.15, 0.2) is 5.96 Å². The minimum atomic E-state index is -0.258. The Morgan fingerprint density at radius 3 is 3.00 bits per heavy atom. The average Bonchev–Trinajstić information content (AvgIpc) is 3.03. The molecule has 0 fully saturated rings. The van der Waals surface area contributed by atoms with Crippen LogP contribution in [-0.2, 0) is 11.4 Å². The Labute approximate surface area is 142 Å². The first-order valence-electron chi connectivity index (χ1n) is 7.46. The second-order valence-electron chi connectivity index (χ2n) is 5.76. The fraction of sp³-hybridized carbons (Fsp3) is 0.235. The molecule has 3 heterocycles. The van der Waals surface area contributed by atoms with Gasteiger partial charge in [0.2, 0.25) is 5.91 Å². The number of carbonyl (C=O) groups is 1. The molecule has 2 aliphatic rings. The molecule has 2 N–H and O–H groups in total. The topological polar surface area (TPSA) is 91.7 Å². The summed E-state index contributed by atoms with van der Waals surface area (Å²) in [4.78, 5) is 19.9.